The second kappa shape index (κ2) is 4.57. The molecule has 4 heterocycles. The minimum atomic E-state index is -0.0225. The summed E-state index contributed by atoms with van der Waals surface area (Å²) in [6, 6.07) is 4.44. The minimum Gasteiger partial charge on any atom is -0.493 e. The zero-order valence-electron chi connectivity index (χ0n) is 12.0. The molecule has 2 atom stereocenters. The summed E-state index contributed by atoms with van der Waals surface area (Å²) in [5, 5.41) is 7.21. The molecule has 2 fully saturated rings. The predicted molar refractivity (Wildman–Crippen MR) is 84.9 cm³/mol. The summed E-state index contributed by atoms with van der Waals surface area (Å²) in [5.41, 5.74) is 2.18. The summed E-state index contributed by atoms with van der Waals surface area (Å²) in [4.78, 5) is 19.0. The quantitative estimate of drug-likeness (QED) is 0.836. The Morgan fingerprint density at radius 3 is 3.32 bits per heavy atom. The summed E-state index contributed by atoms with van der Waals surface area (Å²) >= 11 is 1.60. The Morgan fingerprint density at radius 2 is 2.36 bits per heavy atom. The SMILES string of the molecule is O=C1NC2CNCCC2N1c1nc2c3c(ccc2s1)OCC3. The molecule has 2 N–H and O–H groups in total. The van der Waals surface area contributed by atoms with Crippen molar-refractivity contribution in [3.05, 3.63) is 17.7 Å². The van der Waals surface area contributed by atoms with E-state index in [9.17, 15) is 4.79 Å². The van der Waals surface area contributed by atoms with Gasteiger partial charge in [-0.1, -0.05) is 11.3 Å². The molecule has 0 saturated carbocycles. The highest BCUT2D eigenvalue weighted by Crippen LogP contribution is 2.39. The Hall–Kier alpha value is -1.86. The van der Waals surface area contributed by atoms with E-state index in [1.54, 1.807) is 11.3 Å². The first kappa shape index (κ1) is 12.7. The van der Waals surface area contributed by atoms with Gasteiger partial charge in [0.15, 0.2) is 5.13 Å². The molecule has 2 amide bonds. The number of anilines is 1. The number of nitrogens with one attached hydrogen (secondary N) is 2. The monoisotopic (exact) mass is 316 g/mol. The van der Waals surface area contributed by atoms with Crippen molar-refractivity contribution in [3.63, 3.8) is 0 Å². The third-order valence-corrected chi connectivity index (χ3v) is 5.75. The maximum Gasteiger partial charge on any atom is 0.324 e. The number of thiazole rings is 1. The largest absolute Gasteiger partial charge is 0.493 e. The normalized spacial score (nSPS) is 26.7. The van der Waals surface area contributed by atoms with Crippen LogP contribution in [-0.2, 0) is 6.42 Å². The fraction of sp³-hybridized carbons (Fsp3) is 0.467. The van der Waals surface area contributed by atoms with E-state index in [2.05, 4.69) is 16.7 Å². The number of amides is 2. The number of nitrogens with zero attached hydrogens (tertiary/aromatic N) is 2. The summed E-state index contributed by atoms with van der Waals surface area (Å²) in [6.45, 7) is 2.50. The Morgan fingerprint density at radius 1 is 1.41 bits per heavy atom. The molecule has 5 rings (SSSR count). The second-order valence-corrected chi connectivity index (χ2v) is 6.98. The van der Waals surface area contributed by atoms with E-state index < -0.39 is 0 Å². The highest BCUT2D eigenvalue weighted by molar-refractivity contribution is 7.22. The van der Waals surface area contributed by atoms with E-state index in [0.29, 0.717) is 0 Å². The van der Waals surface area contributed by atoms with Crippen LogP contribution in [-0.4, -0.2) is 42.8 Å². The topological polar surface area (TPSA) is 66.5 Å². The lowest BCUT2D eigenvalue weighted by Gasteiger charge is -2.28. The van der Waals surface area contributed by atoms with Gasteiger partial charge < -0.3 is 15.4 Å². The van der Waals surface area contributed by atoms with Crippen LogP contribution in [0, 0.1) is 0 Å². The highest BCUT2D eigenvalue weighted by Gasteiger charge is 2.42. The first-order valence-electron chi connectivity index (χ1n) is 7.67. The maximum absolute atomic E-state index is 12.4. The number of aromatic nitrogens is 1. The van der Waals surface area contributed by atoms with Gasteiger partial charge in [-0.3, -0.25) is 4.90 Å². The molecule has 2 saturated heterocycles. The van der Waals surface area contributed by atoms with Gasteiger partial charge in [-0.05, 0) is 25.1 Å². The number of piperidine rings is 1. The summed E-state index contributed by atoms with van der Waals surface area (Å²) in [6.07, 6.45) is 1.86. The van der Waals surface area contributed by atoms with Gasteiger partial charge in [-0.25, -0.2) is 9.78 Å². The van der Waals surface area contributed by atoms with Crippen molar-refractivity contribution in [3.8, 4) is 5.75 Å². The van der Waals surface area contributed by atoms with Gasteiger partial charge in [0.25, 0.3) is 0 Å². The number of ether oxygens (including phenoxy) is 1. The van der Waals surface area contributed by atoms with Crippen LogP contribution >= 0.6 is 11.3 Å². The Labute approximate surface area is 131 Å². The number of hydrogen-bond acceptors (Lipinski definition) is 5. The number of fused-ring (bicyclic) bond motifs is 4. The molecule has 0 spiro atoms. The van der Waals surface area contributed by atoms with E-state index in [4.69, 9.17) is 9.72 Å². The standard InChI is InChI=1S/C15H16N4O2S/c20-14-17-9-7-16-5-3-10(9)19(14)15-18-13-8-4-6-21-11(8)1-2-12(13)22-15/h1-2,9-10,16H,3-7H2,(H,17,20). The number of urea groups is 1. The van der Waals surface area contributed by atoms with E-state index in [-0.39, 0.29) is 18.1 Å². The molecule has 0 bridgehead atoms. The number of carbonyl (C=O) groups is 1. The average molecular weight is 316 g/mol. The van der Waals surface area contributed by atoms with E-state index >= 15 is 0 Å². The Bertz CT molecular complexity index is 774. The molecule has 6 nitrogen and oxygen atoms in total. The first-order valence-corrected chi connectivity index (χ1v) is 8.48. The number of hydrogen-bond donors (Lipinski definition) is 2. The summed E-state index contributed by atoms with van der Waals surface area (Å²) < 4.78 is 6.74. The molecule has 0 radical (unpaired) electrons. The maximum atomic E-state index is 12.4. The van der Waals surface area contributed by atoms with Crippen LogP contribution in [0.5, 0.6) is 5.75 Å². The number of carbonyl (C=O) groups excluding carboxylic acids is 1. The first-order chi connectivity index (χ1) is 10.8. The van der Waals surface area contributed by atoms with Crippen molar-refractivity contribution < 1.29 is 9.53 Å². The minimum absolute atomic E-state index is 0.0225. The van der Waals surface area contributed by atoms with Gasteiger partial charge in [0.05, 0.1) is 28.9 Å². The molecule has 22 heavy (non-hydrogen) atoms. The molecular weight excluding hydrogens is 300 g/mol. The fourth-order valence-electron chi connectivity index (χ4n) is 3.67. The summed E-state index contributed by atoms with van der Waals surface area (Å²) in [5.74, 6) is 0.940. The van der Waals surface area contributed by atoms with Gasteiger partial charge >= 0.3 is 6.03 Å². The van der Waals surface area contributed by atoms with Gasteiger partial charge in [0, 0.05) is 18.5 Å². The Balaban J connectivity index is 1.60. The summed E-state index contributed by atoms with van der Waals surface area (Å²) in [7, 11) is 0. The predicted octanol–water partition coefficient (Wildman–Crippen LogP) is 1.49. The lowest BCUT2D eigenvalue weighted by Crippen LogP contribution is -2.49. The molecule has 2 unspecified atom stereocenters. The number of rotatable bonds is 1. The van der Waals surface area contributed by atoms with Crippen molar-refractivity contribution in [2.75, 3.05) is 24.6 Å². The third-order valence-electron chi connectivity index (χ3n) is 4.73. The van der Waals surface area contributed by atoms with E-state index in [0.717, 1.165) is 53.6 Å². The lowest BCUT2D eigenvalue weighted by atomic mass is 10.0. The second-order valence-electron chi connectivity index (χ2n) is 5.97. The van der Waals surface area contributed by atoms with Crippen LogP contribution in [0.2, 0.25) is 0 Å². The van der Waals surface area contributed by atoms with E-state index in [1.165, 1.54) is 5.56 Å². The zero-order chi connectivity index (χ0) is 14.7. The third kappa shape index (κ3) is 1.69. The molecule has 3 aliphatic rings. The van der Waals surface area contributed by atoms with Crippen molar-refractivity contribution in [1.82, 2.24) is 15.6 Å². The van der Waals surface area contributed by atoms with Gasteiger partial charge in [0.2, 0.25) is 0 Å². The van der Waals surface area contributed by atoms with Gasteiger partial charge in [0.1, 0.15) is 5.75 Å². The van der Waals surface area contributed by atoms with E-state index in [1.807, 2.05) is 11.0 Å². The molecule has 114 valence electrons. The smallest absolute Gasteiger partial charge is 0.324 e. The van der Waals surface area contributed by atoms with Crippen molar-refractivity contribution in [1.29, 1.82) is 0 Å². The van der Waals surface area contributed by atoms with Gasteiger partial charge in [-0.2, -0.15) is 0 Å². The van der Waals surface area contributed by atoms with Gasteiger partial charge in [-0.15, -0.1) is 0 Å². The van der Waals surface area contributed by atoms with Crippen molar-refractivity contribution in [2.24, 2.45) is 0 Å². The van der Waals surface area contributed by atoms with Crippen LogP contribution in [0.1, 0.15) is 12.0 Å². The highest BCUT2D eigenvalue weighted by atomic mass is 32.1. The number of benzene rings is 1. The van der Waals surface area contributed by atoms with Crippen LogP contribution in [0.3, 0.4) is 0 Å². The van der Waals surface area contributed by atoms with Crippen LogP contribution < -0.4 is 20.3 Å². The van der Waals surface area contributed by atoms with Crippen LogP contribution in [0.4, 0.5) is 9.93 Å². The molecule has 1 aromatic heterocycles. The molecule has 3 aliphatic heterocycles. The van der Waals surface area contributed by atoms with Crippen LogP contribution in [0.15, 0.2) is 12.1 Å². The molecular formula is C15H16N4O2S. The molecule has 1 aromatic carbocycles. The zero-order valence-corrected chi connectivity index (χ0v) is 12.8. The molecule has 0 aliphatic carbocycles. The molecule has 2 aromatic rings. The van der Waals surface area contributed by atoms with Crippen molar-refractivity contribution >= 4 is 32.7 Å². The van der Waals surface area contributed by atoms with Crippen LogP contribution in [0.25, 0.3) is 10.2 Å². The average Bonchev–Trinajstić information content (AvgIpc) is 3.20. The van der Waals surface area contributed by atoms with Crippen molar-refractivity contribution in [2.45, 2.75) is 24.9 Å². The Kier molecular flexibility index (Phi) is 2.63. The lowest BCUT2D eigenvalue weighted by molar-refractivity contribution is 0.250. The molecule has 7 heteroatoms. The fourth-order valence-corrected chi connectivity index (χ4v) is 4.72.